The highest BCUT2D eigenvalue weighted by atomic mass is 35.5. The van der Waals surface area contributed by atoms with Crippen LogP contribution in [0.15, 0.2) is 71.7 Å². The second-order valence-corrected chi connectivity index (χ2v) is 12.0. The molecule has 0 aromatic heterocycles. The fourth-order valence-electron chi connectivity index (χ4n) is 5.78. The van der Waals surface area contributed by atoms with E-state index in [0.29, 0.717) is 67.1 Å². The van der Waals surface area contributed by atoms with Gasteiger partial charge in [-0.2, -0.15) is 13.2 Å². The Bertz CT molecular complexity index is 1590. The zero-order valence-electron chi connectivity index (χ0n) is 26.0. The third kappa shape index (κ3) is 7.92. The summed E-state index contributed by atoms with van der Waals surface area (Å²) >= 11 is 12.4. The van der Waals surface area contributed by atoms with Crippen LogP contribution in [0.25, 0.3) is 0 Å². The number of alkyl halides is 3. The molecular formula is C34H35Cl2F3N4O4. The van der Waals surface area contributed by atoms with Crippen LogP contribution in [0.4, 0.5) is 13.2 Å². The Morgan fingerprint density at radius 2 is 1.47 bits per heavy atom. The molecule has 3 aromatic rings. The van der Waals surface area contributed by atoms with Gasteiger partial charge in [-0.3, -0.25) is 24.4 Å². The zero-order valence-corrected chi connectivity index (χ0v) is 27.5. The van der Waals surface area contributed by atoms with Crippen LogP contribution in [0.3, 0.4) is 0 Å². The van der Waals surface area contributed by atoms with Crippen molar-refractivity contribution >= 4 is 40.9 Å². The quantitative estimate of drug-likeness (QED) is 0.185. The fourth-order valence-corrected chi connectivity index (χ4v) is 6.03. The summed E-state index contributed by atoms with van der Waals surface area (Å²) in [4.78, 5) is 38.3. The Morgan fingerprint density at radius 1 is 0.851 bits per heavy atom. The lowest BCUT2D eigenvalue weighted by molar-refractivity contribution is -0.151. The van der Waals surface area contributed by atoms with E-state index in [0.717, 1.165) is 12.1 Å². The van der Waals surface area contributed by atoms with E-state index in [-0.39, 0.29) is 23.8 Å². The third-order valence-corrected chi connectivity index (χ3v) is 8.66. The predicted molar refractivity (Wildman–Crippen MR) is 174 cm³/mol. The molecule has 2 heterocycles. The Balaban J connectivity index is 1.59. The van der Waals surface area contributed by atoms with Crippen molar-refractivity contribution in [3.05, 3.63) is 99.0 Å². The van der Waals surface area contributed by atoms with Crippen molar-refractivity contribution in [3.63, 3.8) is 0 Å². The van der Waals surface area contributed by atoms with Crippen LogP contribution in [0.1, 0.15) is 48.2 Å². The summed E-state index contributed by atoms with van der Waals surface area (Å²) in [5.74, 6) is -1.68. The van der Waals surface area contributed by atoms with Gasteiger partial charge in [-0.1, -0.05) is 47.5 Å². The molecule has 2 atom stereocenters. The molecule has 250 valence electrons. The van der Waals surface area contributed by atoms with Crippen LogP contribution in [-0.4, -0.2) is 84.9 Å². The van der Waals surface area contributed by atoms with Crippen molar-refractivity contribution in [1.29, 1.82) is 0 Å². The smallest absolute Gasteiger partial charge is 0.416 e. The van der Waals surface area contributed by atoms with Gasteiger partial charge >= 0.3 is 18.0 Å². The number of benzene rings is 3. The van der Waals surface area contributed by atoms with Crippen LogP contribution in [0, 0.1) is 0 Å². The van der Waals surface area contributed by atoms with Crippen molar-refractivity contribution in [2.45, 2.75) is 32.1 Å². The normalized spacial score (nSPS) is 18.7. The molecule has 0 aliphatic carbocycles. The van der Waals surface area contributed by atoms with Crippen LogP contribution in [0.5, 0.6) is 5.75 Å². The maximum atomic E-state index is 14.5. The molecular weight excluding hydrogens is 656 g/mol. The van der Waals surface area contributed by atoms with E-state index in [9.17, 15) is 22.8 Å². The molecule has 2 amide bonds. The van der Waals surface area contributed by atoms with Gasteiger partial charge in [0.25, 0.3) is 0 Å². The van der Waals surface area contributed by atoms with E-state index in [1.807, 2.05) is 6.92 Å². The molecule has 0 bridgehead atoms. The number of nitrogens with zero attached hydrogens (tertiary/aromatic N) is 4. The van der Waals surface area contributed by atoms with E-state index >= 15 is 0 Å². The van der Waals surface area contributed by atoms with Crippen molar-refractivity contribution < 1.29 is 32.2 Å². The summed E-state index contributed by atoms with van der Waals surface area (Å²) in [6, 6.07) is 15.2. The summed E-state index contributed by atoms with van der Waals surface area (Å²) in [6.07, 6.45) is -4.63. The Labute approximate surface area is 281 Å². The summed E-state index contributed by atoms with van der Waals surface area (Å²) in [6.45, 7) is 7.31. The molecule has 0 saturated carbocycles. The summed E-state index contributed by atoms with van der Waals surface area (Å²) in [5.41, 5.74) is 0.544. The average Bonchev–Trinajstić information content (AvgIpc) is 3.45. The lowest BCUT2D eigenvalue weighted by Gasteiger charge is -2.36. The third-order valence-electron chi connectivity index (χ3n) is 8.16. The van der Waals surface area contributed by atoms with E-state index in [1.54, 1.807) is 55.5 Å². The number of piperazine rings is 1. The van der Waals surface area contributed by atoms with E-state index in [4.69, 9.17) is 37.7 Å². The first kappa shape index (κ1) is 34.7. The number of carbonyl (C=O) groups excluding carboxylic acids is 2. The topological polar surface area (TPSA) is 74.7 Å². The first-order valence-electron chi connectivity index (χ1n) is 15.4. The molecule has 47 heavy (non-hydrogen) atoms. The van der Waals surface area contributed by atoms with Gasteiger partial charge in [0.15, 0.2) is 0 Å². The predicted octanol–water partition coefficient (Wildman–Crippen LogP) is 6.66. The van der Waals surface area contributed by atoms with Crippen LogP contribution < -0.4 is 4.74 Å². The molecule has 2 aliphatic rings. The van der Waals surface area contributed by atoms with E-state index < -0.39 is 35.6 Å². The highest BCUT2D eigenvalue weighted by Gasteiger charge is 2.46. The molecule has 5 rings (SSSR count). The Kier molecular flexibility index (Phi) is 11.1. The number of amidine groups is 1. The minimum atomic E-state index is -4.63. The number of carbonyl (C=O) groups is 2. The number of ether oxygens (including phenoxy) is 2. The molecule has 1 saturated heterocycles. The summed E-state index contributed by atoms with van der Waals surface area (Å²) < 4.78 is 52.4. The van der Waals surface area contributed by atoms with Gasteiger partial charge in [0.1, 0.15) is 17.6 Å². The van der Waals surface area contributed by atoms with Gasteiger partial charge in [0.2, 0.25) is 0 Å². The van der Waals surface area contributed by atoms with Crippen LogP contribution >= 0.6 is 23.2 Å². The van der Waals surface area contributed by atoms with E-state index in [2.05, 4.69) is 4.90 Å². The molecule has 3 aromatic carbocycles. The van der Waals surface area contributed by atoms with Gasteiger partial charge in [-0.05, 0) is 67.4 Å². The minimum absolute atomic E-state index is 0.0239. The first-order chi connectivity index (χ1) is 22.5. The van der Waals surface area contributed by atoms with Crippen molar-refractivity contribution in [1.82, 2.24) is 14.7 Å². The molecule has 13 heteroatoms. The number of halogens is 5. The van der Waals surface area contributed by atoms with Gasteiger partial charge in [0, 0.05) is 49.4 Å². The molecule has 8 nitrogen and oxygen atoms in total. The van der Waals surface area contributed by atoms with Gasteiger partial charge in [-0.25, -0.2) is 0 Å². The Hall–Kier alpha value is -3.64. The highest BCUT2D eigenvalue weighted by molar-refractivity contribution is 6.39. The lowest BCUT2D eigenvalue weighted by atomic mass is 9.93. The minimum Gasteiger partial charge on any atom is -0.493 e. The number of rotatable bonds is 9. The Morgan fingerprint density at radius 3 is 2.04 bits per heavy atom. The van der Waals surface area contributed by atoms with Gasteiger partial charge in [0.05, 0.1) is 30.4 Å². The lowest BCUT2D eigenvalue weighted by Crippen LogP contribution is -2.54. The second kappa shape index (κ2) is 15.1. The second-order valence-electron chi connectivity index (χ2n) is 11.1. The molecule has 0 N–H and O–H groups in total. The van der Waals surface area contributed by atoms with Crippen LogP contribution in [-0.2, 0) is 20.5 Å². The van der Waals surface area contributed by atoms with Crippen molar-refractivity contribution in [2.75, 3.05) is 52.5 Å². The molecule has 2 unspecified atom stereocenters. The van der Waals surface area contributed by atoms with E-state index in [1.165, 1.54) is 15.9 Å². The largest absolute Gasteiger partial charge is 0.493 e. The number of hydrogen-bond acceptors (Lipinski definition) is 6. The van der Waals surface area contributed by atoms with Crippen LogP contribution in [0.2, 0.25) is 10.0 Å². The number of aliphatic imine (C=N–C) groups is 1. The van der Waals surface area contributed by atoms with Gasteiger partial charge < -0.3 is 14.4 Å². The summed E-state index contributed by atoms with van der Waals surface area (Å²) in [7, 11) is 0. The average molecular weight is 692 g/mol. The number of hydrogen-bond donors (Lipinski definition) is 0. The maximum absolute atomic E-state index is 14.5. The van der Waals surface area contributed by atoms with Crippen molar-refractivity contribution in [3.8, 4) is 5.75 Å². The fraction of sp³-hybridized carbons (Fsp3) is 0.382. The molecule has 1 fully saturated rings. The monoisotopic (exact) mass is 690 g/mol. The maximum Gasteiger partial charge on any atom is 0.416 e. The first-order valence-corrected chi connectivity index (χ1v) is 16.1. The highest BCUT2D eigenvalue weighted by Crippen LogP contribution is 2.46. The molecule has 2 aliphatic heterocycles. The zero-order chi connectivity index (χ0) is 33.7. The summed E-state index contributed by atoms with van der Waals surface area (Å²) in [5, 5.41) is 0.956. The van der Waals surface area contributed by atoms with Gasteiger partial charge in [-0.15, -0.1) is 0 Å². The SMILES string of the molecule is CCOCCN1CCN(C(=O)C(=O)N2C(c3ccc(C(F)(F)F)cc3OCC)=NC(c3ccc(Cl)cc3)C2c2ccc(Cl)cc2)CC1. The van der Waals surface area contributed by atoms with Crippen molar-refractivity contribution in [2.24, 2.45) is 4.99 Å². The molecule has 0 spiro atoms. The molecule has 0 radical (unpaired) electrons. The number of amides is 2. The standard InChI is InChI=1S/C34H35Cl2F3N4O4/c1-3-46-20-19-41-15-17-42(18-16-41)32(44)33(45)43-30(23-7-12-26(36)13-8-23)29(22-5-10-25(35)11-6-22)40-31(43)27-14-9-24(34(37,38)39)21-28(27)47-4-2/h5-14,21,29-30H,3-4,15-20H2,1-2H3.